The Morgan fingerprint density at radius 3 is 2.82 bits per heavy atom. The average molecular weight is 276 g/mol. The van der Waals surface area contributed by atoms with Crippen LogP contribution in [0.4, 0.5) is 0 Å². The maximum absolute atomic E-state index is 11.0. The van der Waals surface area contributed by atoms with E-state index in [1.165, 1.54) is 0 Å². The number of alkyl halides is 1. The summed E-state index contributed by atoms with van der Waals surface area (Å²) in [4.78, 5) is 11.0. The van der Waals surface area contributed by atoms with E-state index in [0.29, 0.717) is 11.6 Å². The van der Waals surface area contributed by atoms with E-state index in [1.54, 1.807) is 12.1 Å². The highest BCUT2D eigenvalue weighted by atomic mass is 35.5. The molecule has 0 radical (unpaired) electrons. The van der Waals surface area contributed by atoms with Crippen molar-refractivity contribution in [2.24, 2.45) is 0 Å². The van der Waals surface area contributed by atoms with Crippen LogP contribution in [0.15, 0.2) is 18.2 Å². The zero-order valence-electron chi connectivity index (χ0n) is 9.80. The second kappa shape index (κ2) is 6.72. The van der Waals surface area contributed by atoms with Crippen molar-refractivity contribution in [3.63, 3.8) is 0 Å². The molecule has 0 bridgehead atoms. The van der Waals surface area contributed by atoms with E-state index in [1.807, 2.05) is 19.9 Å². The number of hydrogen-bond donors (Lipinski definition) is 1. The lowest BCUT2D eigenvalue weighted by Gasteiger charge is -2.15. The normalized spacial score (nSPS) is 12.0. The predicted octanol–water partition coefficient (Wildman–Crippen LogP) is 2.77. The lowest BCUT2D eigenvalue weighted by molar-refractivity contribution is -0.119. The van der Waals surface area contributed by atoms with Gasteiger partial charge in [0.2, 0.25) is 5.91 Å². The first-order valence-electron chi connectivity index (χ1n) is 5.28. The third-order valence-electron chi connectivity index (χ3n) is 2.17. The van der Waals surface area contributed by atoms with Gasteiger partial charge in [-0.15, -0.1) is 11.6 Å². The predicted molar refractivity (Wildman–Crippen MR) is 70.0 cm³/mol. The summed E-state index contributed by atoms with van der Waals surface area (Å²) in [5.74, 6) is 0.501. The van der Waals surface area contributed by atoms with Crippen molar-refractivity contribution in [2.45, 2.75) is 20.0 Å². The molecule has 1 atom stereocenters. The summed E-state index contributed by atoms with van der Waals surface area (Å²) >= 11 is 11.3. The molecular weight excluding hydrogens is 261 g/mol. The van der Waals surface area contributed by atoms with Gasteiger partial charge in [-0.3, -0.25) is 4.79 Å². The van der Waals surface area contributed by atoms with Gasteiger partial charge in [0.15, 0.2) is 0 Å². The Balaban J connectivity index is 2.47. The molecule has 1 aromatic carbocycles. The van der Waals surface area contributed by atoms with E-state index < -0.39 is 0 Å². The molecule has 1 aromatic rings. The standard InChI is InChI=1S/C12H15Cl2NO2/c1-8-5-10(3-4-11(8)14)17-9(2)7-15-12(16)6-13/h3-5,9H,6-7H2,1-2H3,(H,15,16). The molecule has 1 unspecified atom stereocenters. The lowest BCUT2D eigenvalue weighted by Crippen LogP contribution is -2.34. The topological polar surface area (TPSA) is 38.3 Å². The van der Waals surface area contributed by atoms with Crippen LogP contribution in [0.5, 0.6) is 5.75 Å². The molecule has 5 heteroatoms. The van der Waals surface area contributed by atoms with Gasteiger partial charge < -0.3 is 10.1 Å². The fraction of sp³-hybridized carbons (Fsp3) is 0.417. The number of aryl methyl sites for hydroxylation is 1. The van der Waals surface area contributed by atoms with Gasteiger partial charge in [-0.05, 0) is 37.6 Å². The third kappa shape index (κ3) is 4.84. The van der Waals surface area contributed by atoms with Crippen LogP contribution in [-0.4, -0.2) is 24.4 Å². The second-order valence-electron chi connectivity index (χ2n) is 3.78. The van der Waals surface area contributed by atoms with Gasteiger partial charge in [-0.25, -0.2) is 0 Å². The molecule has 3 nitrogen and oxygen atoms in total. The van der Waals surface area contributed by atoms with Crippen LogP contribution in [0.25, 0.3) is 0 Å². The van der Waals surface area contributed by atoms with E-state index in [0.717, 1.165) is 11.3 Å². The Morgan fingerprint density at radius 1 is 1.53 bits per heavy atom. The van der Waals surface area contributed by atoms with Crippen LogP contribution in [0, 0.1) is 6.92 Å². The summed E-state index contributed by atoms with van der Waals surface area (Å²) in [7, 11) is 0. The van der Waals surface area contributed by atoms with Crippen molar-refractivity contribution in [3.8, 4) is 5.75 Å². The number of benzene rings is 1. The number of carbonyl (C=O) groups is 1. The van der Waals surface area contributed by atoms with Gasteiger partial charge in [-0.1, -0.05) is 11.6 Å². The Bertz CT molecular complexity index is 396. The lowest BCUT2D eigenvalue weighted by atomic mass is 10.2. The summed E-state index contributed by atoms with van der Waals surface area (Å²) < 4.78 is 5.63. The smallest absolute Gasteiger partial charge is 0.235 e. The Labute approximate surface area is 111 Å². The number of carbonyl (C=O) groups excluding carboxylic acids is 1. The van der Waals surface area contributed by atoms with Crippen molar-refractivity contribution in [3.05, 3.63) is 28.8 Å². The monoisotopic (exact) mass is 275 g/mol. The molecule has 1 amide bonds. The first kappa shape index (κ1) is 14.1. The maximum atomic E-state index is 11.0. The number of halogens is 2. The minimum Gasteiger partial charge on any atom is -0.489 e. The molecule has 0 fully saturated rings. The molecule has 0 spiro atoms. The summed E-state index contributed by atoms with van der Waals surface area (Å²) in [6, 6.07) is 5.45. The molecule has 0 aliphatic heterocycles. The first-order chi connectivity index (χ1) is 8.02. The number of nitrogens with one attached hydrogen (secondary N) is 1. The summed E-state index contributed by atoms with van der Waals surface area (Å²) in [5, 5.41) is 3.37. The van der Waals surface area contributed by atoms with Crippen molar-refractivity contribution < 1.29 is 9.53 Å². The van der Waals surface area contributed by atoms with E-state index in [9.17, 15) is 4.79 Å². The van der Waals surface area contributed by atoms with E-state index in [2.05, 4.69) is 5.32 Å². The molecule has 94 valence electrons. The van der Waals surface area contributed by atoms with Crippen molar-refractivity contribution in [2.75, 3.05) is 12.4 Å². The van der Waals surface area contributed by atoms with Gasteiger partial charge in [0, 0.05) is 5.02 Å². The minimum atomic E-state index is -0.200. The molecule has 0 heterocycles. The molecule has 0 aliphatic rings. The molecule has 1 N–H and O–H groups in total. The molecule has 0 saturated heterocycles. The number of rotatable bonds is 5. The van der Waals surface area contributed by atoms with Crippen LogP contribution in [0.3, 0.4) is 0 Å². The van der Waals surface area contributed by atoms with E-state index in [4.69, 9.17) is 27.9 Å². The summed E-state index contributed by atoms with van der Waals surface area (Å²) in [6.07, 6.45) is -0.122. The average Bonchev–Trinajstić information content (AvgIpc) is 2.31. The molecule has 1 rings (SSSR count). The van der Waals surface area contributed by atoms with Gasteiger partial charge in [-0.2, -0.15) is 0 Å². The zero-order valence-corrected chi connectivity index (χ0v) is 11.3. The van der Waals surface area contributed by atoms with Crippen LogP contribution < -0.4 is 10.1 Å². The maximum Gasteiger partial charge on any atom is 0.235 e. The van der Waals surface area contributed by atoms with E-state index >= 15 is 0 Å². The zero-order chi connectivity index (χ0) is 12.8. The van der Waals surface area contributed by atoms with Crippen molar-refractivity contribution in [1.82, 2.24) is 5.32 Å². The van der Waals surface area contributed by atoms with Gasteiger partial charge in [0.05, 0.1) is 6.54 Å². The van der Waals surface area contributed by atoms with Crippen LogP contribution in [-0.2, 0) is 4.79 Å². The highest BCUT2D eigenvalue weighted by Crippen LogP contribution is 2.21. The van der Waals surface area contributed by atoms with Gasteiger partial charge in [0.1, 0.15) is 17.7 Å². The molecule has 0 aliphatic carbocycles. The molecular formula is C12H15Cl2NO2. The van der Waals surface area contributed by atoms with Crippen LogP contribution in [0.1, 0.15) is 12.5 Å². The fourth-order valence-corrected chi connectivity index (χ4v) is 1.48. The number of amides is 1. The second-order valence-corrected chi connectivity index (χ2v) is 4.45. The number of hydrogen-bond acceptors (Lipinski definition) is 2. The fourth-order valence-electron chi connectivity index (χ4n) is 1.27. The highest BCUT2D eigenvalue weighted by molar-refractivity contribution is 6.31. The summed E-state index contributed by atoms with van der Waals surface area (Å²) in [5.41, 5.74) is 0.959. The van der Waals surface area contributed by atoms with Crippen LogP contribution >= 0.6 is 23.2 Å². The quantitative estimate of drug-likeness (QED) is 0.840. The largest absolute Gasteiger partial charge is 0.489 e. The SMILES string of the molecule is Cc1cc(OC(C)CNC(=O)CCl)ccc1Cl. The molecule has 0 aromatic heterocycles. The molecule has 0 saturated carbocycles. The minimum absolute atomic E-state index is 0.0349. The van der Waals surface area contributed by atoms with E-state index in [-0.39, 0.29) is 17.9 Å². The van der Waals surface area contributed by atoms with Crippen molar-refractivity contribution >= 4 is 29.1 Å². The van der Waals surface area contributed by atoms with Crippen LogP contribution in [0.2, 0.25) is 5.02 Å². The Morgan fingerprint density at radius 2 is 2.24 bits per heavy atom. The number of ether oxygens (including phenoxy) is 1. The first-order valence-corrected chi connectivity index (χ1v) is 6.19. The van der Waals surface area contributed by atoms with Gasteiger partial charge >= 0.3 is 0 Å². The third-order valence-corrected chi connectivity index (χ3v) is 2.84. The Hall–Kier alpha value is -0.930. The summed E-state index contributed by atoms with van der Waals surface area (Å²) in [6.45, 7) is 4.21. The highest BCUT2D eigenvalue weighted by Gasteiger charge is 2.07. The van der Waals surface area contributed by atoms with Gasteiger partial charge in [0.25, 0.3) is 0 Å². The Kier molecular flexibility index (Phi) is 5.59. The molecule has 17 heavy (non-hydrogen) atoms. The van der Waals surface area contributed by atoms with Crippen molar-refractivity contribution in [1.29, 1.82) is 0 Å².